The first-order valence-electron chi connectivity index (χ1n) is 7.89. The number of hydrogen-bond donors (Lipinski definition) is 0. The van der Waals surface area contributed by atoms with E-state index in [0.29, 0.717) is 23.3 Å². The molecule has 6 heteroatoms. The molecule has 118 valence electrons. The first-order valence-corrected chi connectivity index (χ1v) is 8.27. The Balaban J connectivity index is 1.85. The molecule has 0 unspecified atom stereocenters. The molecule has 0 N–H and O–H groups in total. The van der Waals surface area contributed by atoms with Crippen LogP contribution in [0.15, 0.2) is 12.1 Å². The van der Waals surface area contributed by atoms with Crippen LogP contribution in [0.5, 0.6) is 0 Å². The van der Waals surface area contributed by atoms with E-state index in [1.165, 1.54) is 36.6 Å². The third-order valence-corrected chi connectivity index (χ3v) is 4.41. The van der Waals surface area contributed by atoms with Gasteiger partial charge in [0, 0.05) is 11.8 Å². The molecule has 2 aromatic rings. The van der Waals surface area contributed by atoms with Gasteiger partial charge < -0.3 is 4.74 Å². The number of aromatic nitrogens is 3. The second-order valence-corrected chi connectivity index (χ2v) is 6.19. The maximum Gasteiger partial charge on any atom is 0.358 e. The van der Waals surface area contributed by atoms with Gasteiger partial charge in [-0.15, -0.1) is 0 Å². The number of nitrogens with zero attached hydrogens (tertiary/aromatic N) is 3. The van der Waals surface area contributed by atoms with Gasteiger partial charge in [0.25, 0.3) is 0 Å². The van der Waals surface area contributed by atoms with E-state index in [9.17, 15) is 4.79 Å². The maximum atomic E-state index is 11.8. The van der Waals surface area contributed by atoms with E-state index in [1.807, 2.05) is 6.07 Å². The summed E-state index contributed by atoms with van der Waals surface area (Å²) in [4.78, 5) is 16.4. The topological polar surface area (TPSA) is 56.5 Å². The van der Waals surface area contributed by atoms with Crippen LogP contribution in [0.4, 0.5) is 0 Å². The van der Waals surface area contributed by atoms with Gasteiger partial charge in [-0.3, -0.25) is 0 Å². The average Bonchev–Trinajstić information content (AvgIpc) is 2.93. The zero-order valence-corrected chi connectivity index (χ0v) is 13.5. The fourth-order valence-corrected chi connectivity index (χ4v) is 3.33. The quantitative estimate of drug-likeness (QED) is 0.636. The zero-order valence-electron chi connectivity index (χ0n) is 12.7. The highest BCUT2D eigenvalue weighted by Crippen LogP contribution is 2.27. The highest BCUT2D eigenvalue weighted by atomic mass is 35.5. The average molecular weight is 322 g/mol. The molecule has 2 heterocycles. The number of rotatable bonds is 4. The van der Waals surface area contributed by atoms with Crippen LogP contribution in [0.2, 0.25) is 5.15 Å². The van der Waals surface area contributed by atoms with E-state index < -0.39 is 5.97 Å². The normalized spacial score (nSPS) is 16.1. The van der Waals surface area contributed by atoms with Crippen molar-refractivity contribution in [2.45, 2.75) is 45.4 Å². The summed E-state index contributed by atoms with van der Waals surface area (Å²) in [5.74, 6) is 0.241. The molecule has 1 saturated carbocycles. The lowest BCUT2D eigenvalue weighted by atomic mass is 9.86. The van der Waals surface area contributed by atoms with Gasteiger partial charge in [-0.1, -0.05) is 43.7 Å². The molecule has 1 aliphatic rings. The summed E-state index contributed by atoms with van der Waals surface area (Å²) >= 11 is 6.28. The largest absolute Gasteiger partial charge is 0.461 e. The number of fused-ring (bicyclic) bond motifs is 1. The van der Waals surface area contributed by atoms with Gasteiger partial charge in [-0.25, -0.2) is 14.3 Å². The second-order valence-electron chi connectivity index (χ2n) is 5.80. The molecule has 3 rings (SSSR count). The van der Waals surface area contributed by atoms with E-state index in [4.69, 9.17) is 16.3 Å². The molecular formula is C16H20ClN3O2. The number of halogens is 1. The number of esters is 1. The summed E-state index contributed by atoms with van der Waals surface area (Å²) in [5, 5.41) is 4.64. The van der Waals surface area contributed by atoms with Crippen molar-refractivity contribution in [3.8, 4) is 0 Å². The minimum atomic E-state index is -0.446. The Hall–Kier alpha value is -1.62. The first-order chi connectivity index (χ1) is 10.7. The minimum Gasteiger partial charge on any atom is -0.461 e. The molecule has 0 aliphatic heterocycles. The molecule has 1 aliphatic carbocycles. The third-order valence-electron chi connectivity index (χ3n) is 4.14. The lowest BCUT2D eigenvalue weighted by Crippen LogP contribution is -2.11. The van der Waals surface area contributed by atoms with Crippen molar-refractivity contribution in [1.82, 2.24) is 14.6 Å². The molecule has 0 saturated heterocycles. The lowest BCUT2D eigenvalue weighted by molar-refractivity contribution is 0.0519. The molecular weight excluding hydrogens is 302 g/mol. The van der Waals surface area contributed by atoms with Crippen LogP contribution < -0.4 is 0 Å². The predicted molar refractivity (Wildman–Crippen MR) is 84.2 cm³/mol. The van der Waals surface area contributed by atoms with Crippen LogP contribution in [0.1, 0.15) is 55.2 Å². The summed E-state index contributed by atoms with van der Waals surface area (Å²) in [5.41, 5.74) is 1.81. The fraction of sp³-hybridized carbons (Fsp3) is 0.562. The third kappa shape index (κ3) is 3.24. The maximum absolute atomic E-state index is 11.8. The molecule has 0 bridgehead atoms. The predicted octanol–water partition coefficient (Wildman–Crippen LogP) is 3.68. The Morgan fingerprint density at radius 2 is 2.14 bits per heavy atom. The summed E-state index contributed by atoms with van der Waals surface area (Å²) in [6.45, 7) is 2.09. The molecule has 0 aromatic carbocycles. The highest BCUT2D eigenvalue weighted by Gasteiger charge is 2.18. The van der Waals surface area contributed by atoms with Crippen molar-refractivity contribution < 1.29 is 9.53 Å². The number of carbonyl (C=O) groups is 1. The smallest absolute Gasteiger partial charge is 0.358 e. The number of ether oxygens (including phenoxy) is 1. The monoisotopic (exact) mass is 321 g/mol. The molecule has 0 amide bonds. The van der Waals surface area contributed by atoms with Crippen LogP contribution in [0.25, 0.3) is 5.65 Å². The summed E-state index contributed by atoms with van der Waals surface area (Å²) in [6, 6.07) is 3.49. The number of carbonyl (C=O) groups excluding carboxylic acids is 1. The Labute approximate surface area is 134 Å². The Bertz CT molecular complexity index is 677. The molecule has 2 aromatic heterocycles. The van der Waals surface area contributed by atoms with E-state index >= 15 is 0 Å². The van der Waals surface area contributed by atoms with Gasteiger partial charge in [0.15, 0.2) is 11.3 Å². The zero-order chi connectivity index (χ0) is 15.5. The Morgan fingerprint density at radius 1 is 1.36 bits per heavy atom. The Morgan fingerprint density at radius 3 is 2.86 bits per heavy atom. The van der Waals surface area contributed by atoms with E-state index in [1.54, 1.807) is 13.0 Å². The molecule has 0 atom stereocenters. The molecule has 1 fully saturated rings. The van der Waals surface area contributed by atoms with Crippen LogP contribution in [-0.2, 0) is 11.2 Å². The highest BCUT2D eigenvalue weighted by molar-refractivity contribution is 6.29. The van der Waals surface area contributed by atoms with Gasteiger partial charge in [-0.05, 0) is 25.3 Å². The van der Waals surface area contributed by atoms with Crippen molar-refractivity contribution >= 4 is 23.2 Å². The van der Waals surface area contributed by atoms with Crippen molar-refractivity contribution in [3.05, 3.63) is 28.7 Å². The van der Waals surface area contributed by atoms with Crippen molar-refractivity contribution in [3.63, 3.8) is 0 Å². The van der Waals surface area contributed by atoms with Gasteiger partial charge in [0.05, 0.1) is 6.61 Å². The summed E-state index contributed by atoms with van der Waals surface area (Å²) in [6.07, 6.45) is 7.42. The van der Waals surface area contributed by atoms with E-state index in [2.05, 4.69) is 10.1 Å². The molecule has 5 nitrogen and oxygen atoms in total. The molecule has 0 spiro atoms. The van der Waals surface area contributed by atoms with Crippen LogP contribution in [0.3, 0.4) is 0 Å². The summed E-state index contributed by atoms with van der Waals surface area (Å²) in [7, 11) is 0. The van der Waals surface area contributed by atoms with Gasteiger partial charge >= 0.3 is 5.97 Å². The van der Waals surface area contributed by atoms with Gasteiger partial charge in [0.1, 0.15) is 5.15 Å². The van der Waals surface area contributed by atoms with Crippen LogP contribution >= 0.6 is 11.6 Å². The first kappa shape index (κ1) is 15.3. The fourth-order valence-electron chi connectivity index (χ4n) is 3.08. The standard InChI is InChI=1S/C16H20ClN3O2/c1-2-22-16(21)13-10-15-18-12(9-14(17)20(15)19-13)8-11-6-4-3-5-7-11/h9-11H,2-8H2,1H3. The van der Waals surface area contributed by atoms with Crippen molar-refractivity contribution in [1.29, 1.82) is 0 Å². The van der Waals surface area contributed by atoms with Gasteiger partial charge in [0.2, 0.25) is 0 Å². The van der Waals surface area contributed by atoms with Crippen molar-refractivity contribution in [2.24, 2.45) is 5.92 Å². The van der Waals surface area contributed by atoms with E-state index in [0.717, 1.165) is 12.1 Å². The van der Waals surface area contributed by atoms with E-state index in [-0.39, 0.29) is 5.69 Å². The van der Waals surface area contributed by atoms with Gasteiger partial charge in [-0.2, -0.15) is 5.10 Å². The molecule has 22 heavy (non-hydrogen) atoms. The second kappa shape index (κ2) is 6.65. The SMILES string of the molecule is CCOC(=O)c1cc2nc(CC3CCCCC3)cc(Cl)n2n1. The van der Waals surface area contributed by atoms with Crippen LogP contribution in [-0.4, -0.2) is 27.2 Å². The molecule has 0 radical (unpaired) electrons. The Kier molecular flexibility index (Phi) is 4.62. The van der Waals surface area contributed by atoms with Crippen molar-refractivity contribution in [2.75, 3.05) is 6.61 Å². The van der Waals surface area contributed by atoms with Crippen LogP contribution in [0, 0.1) is 5.92 Å². The number of hydrogen-bond acceptors (Lipinski definition) is 4. The lowest BCUT2D eigenvalue weighted by Gasteiger charge is -2.21. The summed E-state index contributed by atoms with van der Waals surface area (Å²) < 4.78 is 6.45. The minimum absolute atomic E-state index is 0.242.